The number of amides is 1. The van der Waals surface area contributed by atoms with E-state index in [1.165, 1.54) is 0 Å². The Morgan fingerprint density at radius 2 is 1.93 bits per heavy atom. The molecular formula is C20H27N5O2. The van der Waals surface area contributed by atoms with Crippen LogP contribution in [0.1, 0.15) is 23.2 Å². The summed E-state index contributed by atoms with van der Waals surface area (Å²) in [5, 5.41) is 0. The van der Waals surface area contributed by atoms with E-state index in [-0.39, 0.29) is 12.0 Å². The predicted octanol–water partition coefficient (Wildman–Crippen LogP) is 2.29. The third-order valence-electron chi connectivity index (χ3n) is 4.62. The maximum absolute atomic E-state index is 13.0. The minimum atomic E-state index is -0.0878. The lowest BCUT2D eigenvalue weighted by Gasteiger charge is -2.33. The molecule has 1 aliphatic rings. The number of piperidine rings is 1. The molecule has 1 unspecified atom stereocenters. The fourth-order valence-corrected chi connectivity index (χ4v) is 3.18. The van der Waals surface area contributed by atoms with Gasteiger partial charge in [0.2, 0.25) is 0 Å². The lowest BCUT2D eigenvalue weighted by atomic mass is 10.1. The van der Waals surface area contributed by atoms with E-state index in [2.05, 4.69) is 9.97 Å². The van der Waals surface area contributed by atoms with Gasteiger partial charge in [-0.15, -0.1) is 0 Å². The molecule has 0 spiro atoms. The van der Waals surface area contributed by atoms with E-state index in [4.69, 9.17) is 4.74 Å². The first-order valence-corrected chi connectivity index (χ1v) is 9.17. The number of anilines is 2. The van der Waals surface area contributed by atoms with Crippen LogP contribution in [0.2, 0.25) is 0 Å². The molecule has 7 nitrogen and oxygen atoms in total. The van der Waals surface area contributed by atoms with E-state index in [1.54, 1.807) is 12.4 Å². The summed E-state index contributed by atoms with van der Waals surface area (Å²) in [6.07, 6.45) is 4.99. The number of likely N-dealkylation sites (tertiary alicyclic amines) is 1. The summed E-state index contributed by atoms with van der Waals surface area (Å²) in [5.41, 5.74) is 1.72. The van der Waals surface area contributed by atoms with Crippen molar-refractivity contribution in [3.63, 3.8) is 0 Å². The maximum Gasteiger partial charge on any atom is 0.257 e. The predicted molar refractivity (Wildman–Crippen MR) is 107 cm³/mol. The Bertz CT molecular complexity index is 793. The Kier molecular flexibility index (Phi) is 5.78. The van der Waals surface area contributed by atoms with Crippen molar-refractivity contribution in [1.82, 2.24) is 14.9 Å². The lowest BCUT2D eigenvalue weighted by molar-refractivity contribution is 0.0528. The molecule has 0 bridgehead atoms. The summed E-state index contributed by atoms with van der Waals surface area (Å²) < 4.78 is 6.11. The molecule has 1 fully saturated rings. The van der Waals surface area contributed by atoms with Gasteiger partial charge in [0.1, 0.15) is 6.10 Å². The first-order chi connectivity index (χ1) is 13.0. The monoisotopic (exact) mass is 369 g/mol. The van der Waals surface area contributed by atoms with Crippen LogP contribution in [0.3, 0.4) is 0 Å². The van der Waals surface area contributed by atoms with Gasteiger partial charge in [-0.3, -0.25) is 4.79 Å². The first kappa shape index (κ1) is 18.9. The zero-order valence-electron chi connectivity index (χ0n) is 16.4. The van der Waals surface area contributed by atoms with Gasteiger partial charge < -0.3 is 19.4 Å². The first-order valence-electron chi connectivity index (χ1n) is 9.17. The molecule has 3 rings (SSSR count). The average molecular weight is 369 g/mol. The number of aromatic nitrogens is 2. The summed E-state index contributed by atoms with van der Waals surface area (Å²) in [5.74, 6) is 1.25. The Hall–Kier alpha value is -2.83. The fraction of sp³-hybridized carbons (Fsp3) is 0.450. The van der Waals surface area contributed by atoms with Crippen LogP contribution in [-0.2, 0) is 0 Å². The van der Waals surface area contributed by atoms with E-state index in [0.717, 1.165) is 25.1 Å². The second-order valence-electron chi connectivity index (χ2n) is 7.16. The van der Waals surface area contributed by atoms with Crippen LogP contribution in [0.25, 0.3) is 0 Å². The van der Waals surface area contributed by atoms with Crippen LogP contribution in [0.5, 0.6) is 5.88 Å². The number of hydrogen-bond donors (Lipinski definition) is 0. The second kappa shape index (κ2) is 8.24. The molecule has 1 aromatic carbocycles. The number of rotatable bonds is 5. The molecule has 1 atom stereocenters. The maximum atomic E-state index is 13.0. The Labute approximate surface area is 160 Å². The minimum Gasteiger partial charge on any atom is -0.470 e. The molecule has 7 heteroatoms. The Morgan fingerprint density at radius 1 is 1.15 bits per heavy atom. The van der Waals surface area contributed by atoms with Gasteiger partial charge in [0, 0.05) is 58.4 Å². The van der Waals surface area contributed by atoms with Crippen molar-refractivity contribution in [2.45, 2.75) is 18.9 Å². The van der Waals surface area contributed by atoms with Crippen LogP contribution < -0.4 is 14.5 Å². The molecule has 0 aliphatic carbocycles. The van der Waals surface area contributed by atoms with Crippen LogP contribution in [0.15, 0.2) is 36.7 Å². The number of carbonyl (C=O) groups excluding carboxylic acids is 1. The van der Waals surface area contributed by atoms with E-state index in [9.17, 15) is 4.79 Å². The number of carbonyl (C=O) groups is 1. The van der Waals surface area contributed by atoms with Gasteiger partial charge in [0.25, 0.3) is 11.8 Å². The van der Waals surface area contributed by atoms with Crippen molar-refractivity contribution < 1.29 is 9.53 Å². The Morgan fingerprint density at radius 3 is 2.67 bits per heavy atom. The van der Waals surface area contributed by atoms with Crippen LogP contribution in [0.4, 0.5) is 11.5 Å². The SMILES string of the molecule is CN(C)c1cccc(C(=O)N2CCCC(Oc3nccnc3N(C)C)C2)c1. The van der Waals surface area contributed by atoms with Gasteiger partial charge in [-0.05, 0) is 31.0 Å². The second-order valence-corrected chi connectivity index (χ2v) is 7.16. The third kappa shape index (κ3) is 4.48. The van der Waals surface area contributed by atoms with Crippen molar-refractivity contribution in [2.24, 2.45) is 0 Å². The highest BCUT2D eigenvalue weighted by Crippen LogP contribution is 2.25. The third-order valence-corrected chi connectivity index (χ3v) is 4.62. The molecule has 0 radical (unpaired) electrons. The van der Waals surface area contributed by atoms with Gasteiger partial charge in [0.05, 0.1) is 6.54 Å². The standard InChI is InChI=1S/C20H27N5O2/c1-23(2)16-8-5-7-15(13-16)20(26)25-12-6-9-17(14-25)27-19-18(24(3)4)21-10-11-22-19/h5,7-8,10-11,13,17H,6,9,12,14H2,1-4H3. The fourth-order valence-electron chi connectivity index (χ4n) is 3.18. The van der Waals surface area contributed by atoms with Crippen LogP contribution in [0, 0.1) is 0 Å². The normalized spacial score (nSPS) is 16.7. The number of hydrogen-bond acceptors (Lipinski definition) is 6. The Balaban J connectivity index is 1.71. The quantitative estimate of drug-likeness (QED) is 0.806. The molecular weight excluding hydrogens is 342 g/mol. The zero-order valence-corrected chi connectivity index (χ0v) is 16.4. The van der Waals surface area contributed by atoms with Crippen LogP contribution in [-0.4, -0.2) is 68.2 Å². The van der Waals surface area contributed by atoms with Crippen molar-refractivity contribution >= 4 is 17.4 Å². The summed E-state index contributed by atoms with van der Waals surface area (Å²) in [4.78, 5) is 27.3. The van der Waals surface area contributed by atoms with Gasteiger partial charge in [0.15, 0.2) is 5.82 Å². The van der Waals surface area contributed by atoms with Gasteiger partial charge in [-0.25, -0.2) is 9.97 Å². The molecule has 2 aromatic rings. The molecule has 1 amide bonds. The van der Waals surface area contributed by atoms with Crippen LogP contribution >= 0.6 is 0 Å². The van der Waals surface area contributed by atoms with Crippen molar-refractivity contribution in [2.75, 3.05) is 51.1 Å². The topological polar surface area (TPSA) is 61.8 Å². The molecule has 0 saturated carbocycles. The largest absolute Gasteiger partial charge is 0.470 e. The van der Waals surface area contributed by atoms with Crippen molar-refractivity contribution in [3.8, 4) is 5.88 Å². The highest BCUT2D eigenvalue weighted by Gasteiger charge is 2.27. The summed E-state index contributed by atoms with van der Waals surface area (Å²) in [6, 6.07) is 7.71. The van der Waals surface area contributed by atoms with E-state index >= 15 is 0 Å². The van der Waals surface area contributed by atoms with Crippen molar-refractivity contribution in [1.29, 1.82) is 0 Å². The summed E-state index contributed by atoms with van der Waals surface area (Å²) >= 11 is 0. The highest BCUT2D eigenvalue weighted by atomic mass is 16.5. The molecule has 144 valence electrons. The highest BCUT2D eigenvalue weighted by molar-refractivity contribution is 5.95. The molecule has 0 N–H and O–H groups in total. The van der Waals surface area contributed by atoms with Gasteiger partial charge in [-0.1, -0.05) is 6.07 Å². The molecule has 1 aliphatic heterocycles. The average Bonchev–Trinajstić information content (AvgIpc) is 2.68. The minimum absolute atomic E-state index is 0.0407. The van der Waals surface area contributed by atoms with Gasteiger partial charge >= 0.3 is 0 Å². The zero-order chi connectivity index (χ0) is 19.4. The van der Waals surface area contributed by atoms with Crippen molar-refractivity contribution in [3.05, 3.63) is 42.2 Å². The summed E-state index contributed by atoms with van der Waals surface area (Å²) in [6.45, 7) is 1.29. The molecule has 2 heterocycles. The lowest BCUT2D eigenvalue weighted by Crippen LogP contribution is -2.44. The smallest absolute Gasteiger partial charge is 0.257 e. The molecule has 1 aromatic heterocycles. The van der Waals surface area contributed by atoms with Gasteiger partial charge in [-0.2, -0.15) is 0 Å². The van der Waals surface area contributed by atoms with E-state index in [1.807, 2.05) is 67.2 Å². The van der Waals surface area contributed by atoms with E-state index < -0.39 is 0 Å². The number of nitrogens with zero attached hydrogens (tertiary/aromatic N) is 5. The molecule has 1 saturated heterocycles. The number of ether oxygens (including phenoxy) is 1. The summed E-state index contributed by atoms with van der Waals surface area (Å²) in [7, 11) is 7.76. The number of benzene rings is 1. The van der Waals surface area contributed by atoms with E-state index in [0.29, 0.717) is 23.8 Å². The molecule has 27 heavy (non-hydrogen) atoms.